The van der Waals surface area contributed by atoms with E-state index in [0.29, 0.717) is 11.4 Å². The first kappa shape index (κ1) is 38.7. The molecule has 2 fully saturated rings. The summed E-state index contributed by atoms with van der Waals surface area (Å²) in [4.78, 5) is 17.9. The second kappa shape index (κ2) is 15.9. The van der Waals surface area contributed by atoms with Crippen LogP contribution in [0.4, 0.5) is 0 Å². The van der Waals surface area contributed by atoms with Gasteiger partial charge in [0, 0.05) is 6.20 Å². The fraction of sp³-hybridized carbons (Fsp3) is 0.349. The number of aromatic nitrogens is 2. The van der Waals surface area contributed by atoms with Crippen LogP contribution in [-0.2, 0) is 38.4 Å². The van der Waals surface area contributed by atoms with Gasteiger partial charge in [0.25, 0.3) is 0 Å². The molecule has 2 aliphatic rings. The summed E-state index contributed by atoms with van der Waals surface area (Å²) in [6.07, 6.45) is -0.885. The Kier molecular flexibility index (Phi) is 11.1. The zero-order chi connectivity index (χ0) is 38.8. The number of hydrogen-bond acceptors (Lipinski definition) is 9. The lowest BCUT2D eigenvalue weighted by Gasteiger charge is -2.38. The molecule has 7 rings (SSSR count). The number of esters is 1. The number of nitrogens with zero attached hydrogens (tertiary/aromatic N) is 2. The van der Waals surface area contributed by atoms with Crippen molar-refractivity contribution in [2.45, 2.75) is 89.4 Å². The summed E-state index contributed by atoms with van der Waals surface area (Å²) in [5, 5.41) is 2.76. The molecule has 0 unspecified atom stereocenters. The van der Waals surface area contributed by atoms with Gasteiger partial charge in [-0.3, -0.25) is 9.32 Å². The molecule has 0 spiro atoms. The third-order valence-corrected chi connectivity index (χ3v) is 11.4. The maximum absolute atomic E-state index is 14.4. The van der Waals surface area contributed by atoms with Gasteiger partial charge >= 0.3 is 13.7 Å². The highest BCUT2D eigenvalue weighted by atomic mass is 31.2. The lowest BCUT2D eigenvalue weighted by atomic mass is 9.76. The lowest BCUT2D eigenvalue weighted by Crippen LogP contribution is -2.38. The molecule has 2 aliphatic heterocycles. The van der Waals surface area contributed by atoms with Gasteiger partial charge < -0.3 is 28.0 Å². The lowest BCUT2D eigenvalue weighted by molar-refractivity contribution is -0.190. The van der Waals surface area contributed by atoms with Crippen LogP contribution in [0.5, 0.6) is 5.75 Å². The molecule has 5 aromatic rings. The average Bonchev–Trinajstić information content (AvgIpc) is 3.82. The van der Waals surface area contributed by atoms with E-state index >= 15 is 0 Å². The fourth-order valence-corrected chi connectivity index (χ4v) is 8.99. The third kappa shape index (κ3) is 8.05. The van der Waals surface area contributed by atoms with Gasteiger partial charge in [-0.2, -0.15) is 5.09 Å². The van der Waals surface area contributed by atoms with Crippen LogP contribution in [0, 0.1) is 6.92 Å². The van der Waals surface area contributed by atoms with E-state index in [2.05, 4.69) is 46.1 Å². The first-order valence-electron chi connectivity index (χ1n) is 18.6. The molecule has 55 heavy (non-hydrogen) atoms. The van der Waals surface area contributed by atoms with Crippen LogP contribution in [0.2, 0.25) is 0 Å². The number of para-hydroxylation sites is 1. The molecule has 11 nitrogen and oxygen atoms in total. The SMILES string of the molecule is Cc1nc([C@@H]2O[C@H](CO[P@](=O)(N[C@H](C)C(=O)OC(C)C)Oc3ccccc3)[C@H]3OC(C)(C)O[C@H]32)cn1C(c1ccccc1)(c1ccccc1)c1ccccc1. The van der Waals surface area contributed by atoms with E-state index in [-0.39, 0.29) is 12.7 Å². The van der Waals surface area contributed by atoms with E-state index in [0.717, 1.165) is 22.5 Å². The van der Waals surface area contributed by atoms with Crippen molar-refractivity contribution in [1.29, 1.82) is 0 Å². The van der Waals surface area contributed by atoms with Gasteiger partial charge in [0.05, 0.1) is 18.4 Å². The molecule has 0 amide bonds. The molecule has 2 saturated heterocycles. The second-order valence-corrected chi connectivity index (χ2v) is 16.3. The summed E-state index contributed by atoms with van der Waals surface area (Å²) < 4.78 is 53.5. The second-order valence-electron chi connectivity index (χ2n) is 14.6. The van der Waals surface area contributed by atoms with Crippen molar-refractivity contribution in [2.75, 3.05) is 6.61 Å². The quantitative estimate of drug-likeness (QED) is 0.0675. The highest BCUT2D eigenvalue weighted by Gasteiger charge is 2.57. The van der Waals surface area contributed by atoms with Crippen LogP contribution in [0.25, 0.3) is 0 Å². The topological polar surface area (TPSA) is 119 Å². The molecule has 12 heteroatoms. The highest BCUT2D eigenvalue weighted by molar-refractivity contribution is 7.52. The monoisotopic (exact) mass is 765 g/mol. The van der Waals surface area contributed by atoms with Crippen molar-refractivity contribution < 1.29 is 37.4 Å². The number of carbonyl (C=O) groups excluding carboxylic acids is 1. The Morgan fingerprint density at radius 3 is 1.87 bits per heavy atom. The largest absolute Gasteiger partial charge is 0.462 e. The Balaban J connectivity index is 1.23. The van der Waals surface area contributed by atoms with Gasteiger partial charge in [-0.05, 0) is 70.4 Å². The fourth-order valence-electron chi connectivity index (χ4n) is 7.49. The molecule has 288 valence electrons. The summed E-state index contributed by atoms with van der Waals surface area (Å²) in [6, 6.07) is 38.8. The predicted octanol–water partition coefficient (Wildman–Crippen LogP) is 8.13. The van der Waals surface area contributed by atoms with Crippen molar-refractivity contribution in [3.8, 4) is 5.75 Å². The van der Waals surface area contributed by atoms with E-state index in [1.165, 1.54) is 0 Å². The van der Waals surface area contributed by atoms with Gasteiger partial charge in [0.2, 0.25) is 0 Å². The van der Waals surface area contributed by atoms with E-state index < -0.39 is 55.5 Å². The molecule has 0 bridgehead atoms. The Morgan fingerprint density at radius 1 is 0.836 bits per heavy atom. The number of ether oxygens (including phenoxy) is 4. The number of benzene rings is 4. The van der Waals surface area contributed by atoms with Crippen LogP contribution in [-0.4, -0.2) is 58.4 Å². The van der Waals surface area contributed by atoms with E-state index in [1.807, 2.05) is 87.6 Å². The summed E-state index contributed by atoms with van der Waals surface area (Å²) in [5.74, 6) is -0.471. The minimum Gasteiger partial charge on any atom is -0.462 e. The number of fused-ring (bicyclic) bond motifs is 1. The highest BCUT2D eigenvalue weighted by Crippen LogP contribution is 2.50. The summed E-state index contributed by atoms with van der Waals surface area (Å²) in [6.45, 7) is 10.5. The van der Waals surface area contributed by atoms with Crippen molar-refractivity contribution in [3.05, 3.63) is 156 Å². The number of carbonyl (C=O) groups is 1. The Morgan fingerprint density at radius 2 is 1.35 bits per heavy atom. The summed E-state index contributed by atoms with van der Waals surface area (Å²) in [7, 11) is -4.18. The molecular weight excluding hydrogens is 717 g/mol. The minimum atomic E-state index is -4.18. The van der Waals surface area contributed by atoms with E-state index in [1.54, 1.807) is 45.0 Å². The number of hydrogen-bond donors (Lipinski definition) is 1. The molecule has 6 atom stereocenters. The maximum Gasteiger partial charge on any atom is 0.459 e. The first-order chi connectivity index (χ1) is 26.4. The third-order valence-electron chi connectivity index (χ3n) is 9.71. The summed E-state index contributed by atoms with van der Waals surface area (Å²) >= 11 is 0. The van der Waals surface area contributed by atoms with Crippen LogP contribution < -0.4 is 9.61 Å². The van der Waals surface area contributed by atoms with E-state index in [9.17, 15) is 9.36 Å². The van der Waals surface area contributed by atoms with Crippen LogP contribution in [0.3, 0.4) is 0 Å². The Hall–Kier alpha value is -4.61. The number of nitrogens with one attached hydrogen (secondary N) is 1. The van der Waals surface area contributed by atoms with Gasteiger partial charge in [0.1, 0.15) is 47.6 Å². The molecule has 0 saturated carbocycles. The first-order valence-corrected chi connectivity index (χ1v) is 20.1. The smallest absolute Gasteiger partial charge is 0.459 e. The zero-order valence-corrected chi connectivity index (χ0v) is 32.8. The predicted molar refractivity (Wildman–Crippen MR) is 207 cm³/mol. The van der Waals surface area contributed by atoms with E-state index in [4.69, 9.17) is 33.0 Å². The number of rotatable bonds is 14. The summed E-state index contributed by atoms with van der Waals surface area (Å²) in [5.41, 5.74) is 3.05. The number of imidazole rings is 1. The molecular formula is C43H48N3O8P. The normalized spacial score (nSPS) is 22.2. The average molecular weight is 766 g/mol. The maximum atomic E-state index is 14.4. The van der Waals surface area contributed by atoms with Crippen molar-refractivity contribution in [2.24, 2.45) is 0 Å². The van der Waals surface area contributed by atoms with Crippen molar-refractivity contribution in [3.63, 3.8) is 0 Å². The molecule has 1 aromatic heterocycles. The minimum absolute atomic E-state index is 0.207. The number of aryl methyl sites for hydroxylation is 1. The molecule has 3 heterocycles. The zero-order valence-electron chi connectivity index (χ0n) is 31.9. The van der Waals surface area contributed by atoms with Crippen molar-refractivity contribution in [1.82, 2.24) is 14.6 Å². The van der Waals surface area contributed by atoms with Crippen LogP contribution >= 0.6 is 7.75 Å². The van der Waals surface area contributed by atoms with Gasteiger partial charge in [-0.15, -0.1) is 0 Å². The molecule has 1 N–H and O–H groups in total. The Bertz CT molecular complexity index is 2000. The van der Waals surface area contributed by atoms with Gasteiger partial charge in [0.15, 0.2) is 5.79 Å². The Labute approximate surface area is 322 Å². The molecule has 0 aliphatic carbocycles. The van der Waals surface area contributed by atoms with Crippen molar-refractivity contribution >= 4 is 13.7 Å². The van der Waals surface area contributed by atoms with Gasteiger partial charge in [-0.1, -0.05) is 109 Å². The molecule has 4 aromatic carbocycles. The van der Waals surface area contributed by atoms with Gasteiger partial charge in [-0.25, -0.2) is 9.55 Å². The molecule has 0 radical (unpaired) electrons. The van der Waals surface area contributed by atoms with Crippen LogP contribution in [0.15, 0.2) is 128 Å². The standard InChI is InChI=1S/C43H48N3O8P/c1-29(2)50-41(47)30(3)45-55(48,54-35-25-17-10-18-26-35)49-28-37-39-40(53-42(5,6)52-39)38(51-37)36-27-46(31(4)44-36)43(32-19-11-7-12-20-32,33-21-13-8-14-22-33)34-23-15-9-16-24-34/h7-27,29-30,37-40H,28H2,1-6H3,(H,45,48)/t30-,37-,38+,39-,40+,55-/m1/s1. The van der Waals surface area contributed by atoms with Crippen LogP contribution in [0.1, 0.15) is 68.9 Å².